The SMILES string of the molecule is C[C@@H](O)C(=O)NC1CCc2c(Br)cncc21. The van der Waals surface area contributed by atoms with Crippen molar-refractivity contribution in [3.05, 3.63) is 28.0 Å². The van der Waals surface area contributed by atoms with E-state index >= 15 is 0 Å². The predicted molar refractivity (Wildman–Crippen MR) is 62.8 cm³/mol. The van der Waals surface area contributed by atoms with E-state index in [4.69, 9.17) is 5.11 Å². The van der Waals surface area contributed by atoms with Gasteiger partial charge in [0.2, 0.25) is 5.91 Å². The average Bonchev–Trinajstić information content (AvgIpc) is 2.63. The van der Waals surface area contributed by atoms with Crippen molar-refractivity contribution in [2.75, 3.05) is 0 Å². The minimum atomic E-state index is -0.968. The van der Waals surface area contributed by atoms with Crippen LogP contribution in [0.25, 0.3) is 0 Å². The van der Waals surface area contributed by atoms with Crippen LogP contribution in [0.3, 0.4) is 0 Å². The van der Waals surface area contributed by atoms with Gasteiger partial charge in [0.25, 0.3) is 0 Å². The lowest BCUT2D eigenvalue weighted by atomic mass is 10.1. The molecule has 1 aliphatic carbocycles. The number of nitrogens with one attached hydrogen (secondary N) is 1. The number of aliphatic hydroxyl groups excluding tert-OH is 1. The van der Waals surface area contributed by atoms with Gasteiger partial charge in [-0.05, 0) is 46.8 Å². The highest BCUT2D eigenvalue weighted by molar-refractivity contribution is 9.10. The summed E-state index contributed by atoms with van der Waals surface area (Å²) in [6, 6.07) is -0.0258. The molecule has 2 N–H and O–H groups in total. The number of amides is 1. The molecule has 1 heterocycles. The van der Waals surface area contributed by atoms with Gasteiger partial charge in [0.1, 0.15) is 6.10 Å². The number of nitrogens with zero attached hydrogens (tertiary/aromatic N) is 1. The third kappa shape index (κ3) is 2.10. The van der Waals surface area contributed by atoms with Gasteiger partial charge in [0.15, 0.2) is 0 Å². The summed E-state index contributed by atoms with van der Waals surface area (Å²) >= 11 is 3.45. The lowest BCUT2D eigenvalue weighted by Gasteiger charge is -2.15. The summed E-state index contributed by atoms with van der Waals surface area (Å²) < 4.78 is 0.985. The number of fused-ring (bicyclic) bond motifs is 1. The highest BCUT2D eigenvalue weighted by atomic mass is 79.9. The Balaban J connectivity index is 2.18. The molecule has 0 aliphatic heterocycles. The van der Waals surface area contributed by atoms with E-state index in [-0.39, 0.29) is 11.9 Å². The molecule has 16 heavy (non-hydrogen) atoms. The zero-order chi connectivity index (χ0) is 11.7. The van der Waals surface area contributed by atoms with E-state index in [1.807, 2.05) is 0 Å². The number of hydrogen-bond donors (Lipinski definition) is 2. The molecule has 0 spiro atoms. The van der Waals surface area contributed by atoms with Crippen molar-refractivity contribution < 1.29 is 9.90 Å². The van der Waals surface area contributed by atoms with Crippen molar-refractivity contribution in [2.24, 2.45) is 0 Å². The number of carbonyl (C=O) groups excluding carboxylic acids is 1. The highest BCUT2D eigenvalue weighted by Crippen LogP contribution is 2.34. The number of pyridine rings is 1. The number of hydrogen-bond acceptors (Lipinski definition) is 3. The third-order valence-electron chi connectivity index (χ3n) is 2.79. The van der Waals surface area contributed by atoms with Crippen molar-refractivity contribution in [2.45, 2.75) is 31.9 Å². The fourth-order valence-electron chi connectivity index (χ4n) is 1.93. The van der Waals surface area contributed by atoms with E-state index < -0.39 is 6.10 Å². The Kier molecular flexibility index (Phi) is 3.25. The van der Waals surface area contributed by atoms with Crippen LogP contribution in [-0.2, 0) is 11.2 Å². The monoisotopic (exact) mass is 284 g/mol. The largest absolute Gasteiger partial charge is 0.384 e. The second-order valence-electron chi connectivity index (χ2n) is 3.96. The first kappa shape index (κ1) is 11.5. The molecule has 2 atom stereocenters. The summed E-state index contributed by atoms with van der Waals surface area (Å²) in [6.45, 7) is 1.46. The van der Waals surface area contributed by atoms with Crippen LogP contribution in [0.4, 0.5) is 0 Å². The van der Waals surface area contributed by atoms with E-state index in [9.17, 15) is 4.79 Å². The lowest BCUT2D eigenvalue weighted by molar-refractivity contribution is -0.129. The molecule has 1 amide bonds. The maximum Gasteiger partial charge on any atom is 0.249 e. The van der Waals surface area contributed by atoms with Crippen LogP contribution in [0.1, 0.15) is 30.5 Å². The number of aromatic nitrogens is 1. The molecule has 0 bridgehead atoms. The summed E-state index contributed by atoms with van der Waals surface area (Å²) in [5.41, 5.74) is 2.24. The average molecular weight is 285 g/mol. The first-order chi connectivity index (χ1) is 7.59. The Morgan fingerprint density at radius 1 is 1.69 bits per heavy atom. The maximum atomic E-state index is 11.4. The van der Waals surface area contributed by atoms with Gasteiger partial charge in [-0.1, -0.05) is 0 Å². The van der Waals surface area contributed by atoms with E-state index in [0.717, 1.165) is 22.9 Å². The van der Waals surface area contributed by atoms with Gasteiger partial charge < -0.3 is 10.4 Å². The van der Waals surface area contributed by atoms with Crippen molar-refractivity contribution in [1.29, 1.82) is 0 Å². The molecular weight excluding hydrogens is 272 g/mol. The van der Waals surface area contributed by atoms with Crippen molar-refractivity contribution in [1.82, 2.24) is 10.3 Å². The molecule has 1 aliphatic rings. The molecule has 0 radical (unpaired) electrons. The number of carbonyl (C=O) groups is 1. The fourth-order valence-corrected chi connectivity index (χ4v) is 2.47. The summed E-state index contributed by atoms with van der Waals surface area (Å²) in [4.78, 5) is 15.5. The zero-order valence-electron chi connectivity index (χ0n) is 8.90. The Hall–Kier alpha value is -0.940. The molecule has 5 heteroatoms. The van der Waals surface area contributed by atoms with E-state index in [2.05, 4.69) is 26.2 Å². The quantitative estimate of drug-likeness (QED) is 0.861. The minimum absolute atomic E-state index is 0.0258. The molecule has 2 rings (SSSR count). The molecule has 1 unspecified atom stereocenters. The van der Waals surface area contributed by atoms with Crippen LogP contribution in [0, 0.1) is 0 Å². The van der Waals surface area contributed by atoms with Gasteiger partial charge in [-0.2, -0.15) is 0 Å². The van der Waals surface area contributed by atoms with Crippen LogP contribution in [0.5, 0.6) is 0 Å². The number of aliphatic hydroxyl groups is 1. The maximum absolute atomic E-state index is 11.4. The first-order valence-electron chi connectivity index (χ1n) is 5.20. The van der Waals surface area contributed by atoms with E-state index in [1.165, 1.54) is 12.5 Å². The molecule has 0 fully saturated rings. The molecule has 1 aromatic rings. The van der Waals surface area contributed by atoms with Crippen molar-refractivity contribution in [3.8, 4) is 0 Å². The van der Waals surface area contributed by atoms with Crippen LogP contribution in [0.2, 0.25) is 0 Å². The number of halogens is 1. The molecule has 0 aromatic carbocycles. The normalized spacial score (nSPS) is 20.3. The predicted octanol–water partition coefficient (Wildman–Crippen LogP) is 1.33. The molecule has 1 aromatic heterocycles. The smallest absolute Gasteiger partial charge is 0.249 e. The third-order valence-corrected chi connectivity index (χ3v) is 3.48. The zero-order valence-corrected chi connectivity index (χ0v) is 10.5. The van der Waals surface area contributed by atoms with E-state index in [0.29, 0.717) is 0 Å². The van der Waals surface area contributed by atoms with Gasteiger partial charge in [-0.15, -0.1) is 0 Å². The molecular formula is C11H13BrN2O2. The van der Waals surface area contributed by atoms with Gasteiger partial charge in [0.05, 0.1) is 6.04 Å². The Labute approximate surface area is 102 Å². The minimum Gasteiger partial charge on any atom is -0.384 e. The fraction of sp³-hybridized carbons (Fsp3) is 0.455. The van der Waals surface area contributed by atoms with Gasteiger partial charge in [-0.25, -0.2) is 0 Å². The molecule has 0 saturated heterocycles. The lowest BCUT2D eigenvalue weighted by Crippen LogP contribution is -2.34. The second-order valence-corrected chi connectivity index (χ2v) is 4.82. The first-order valence-corrected chi connectivity index (χ1v) is 5.99. The van der Waals surface area contributed by atoms with Crippen LogP contribution in [0.15, 0.2) is 16.9 Å². The second kappa shape index (κ2) is 4.51. The summed E-state index contributed by atoms with van der Waals surface area (Å²) in [5.74, 6) is -0.335. The topological polar surface area (TPSA) is 62.2 Å². The summed E-state index contributed by atoms with van der Waals surface area (Å²) in [6.07, 6.45) is 4.35. The summed E-state index contributed by atoms with van der Waals surface area (Å²) in [5, 5.41) is 12.0. The Morgan fingerprint density at radius 2 is 2.44 bits per heavy atom. The summed E-state index contributed by atoms with van der Waals surface area (Å²) in [7, 11) is 0. The van der Waals surface area contributed by atoms with Crippen LogP contribution < -0.4 is 5.32 Å². The van der Waals surface area contributed by atoms with Crippen LogP contribution >= 0.6 is 15.9 Å². The molecule has 4 nitrogen and oxygen atoms in total. The van der Waals surface area contributed by atoms with E-state index in [1.54, 1.807) is 12.4 Å². The number of rotatable bonds is 2. The van der Waals surface area contributed by atoms with Gasteiger partial charge in [-0.3, -0.25) is 9.78 Å². The molecule has 0 saturated carbocycles. The molecule has 86 valence electrons. The Bertz CT molecular complexity index is 420. The van der Waals surface area contributed by atoms with Gasteiger partial charge >= 0.3 is 0 Å². The van der Waals surface area contributed by atoms with Gasteiger partial charge in [0, 0.05) is 16.9 Å². The van der Waals surface area contributed by atoms with Crippen LogP contribution in [-0.4, -0.2) is 22.1 Å². The Morgan fingerprint density at radius 3 is 3.12 bits per heavy atom. The standard InChI is InChI=1S/C11H13BrN2O2/c1-6(15)11(16)14-10-3-2-7-8(10)4-13-5-9(7)12/h4-6,10,15H,2-3H2,1H3,(H,14,16)/t6-,10?/m1/s1. The van der Waals surface area contributed by atoms with Crippen molar-refractivity contribution in [3.63, 3.8) is 0 Å². The van der Waals surface area contributed by atoms with Crippen molar-refractivity contribution >= 4 is 21.8 Å². The highest BCUT2D eigenvalue weighted by Gasteiger charge is 2.26.